The zero-order chi connectivity index (χ0) is 13.0. The number of nitrogens with one attached hydrogen (secondary N) is 1. The van der Waals surface area contributed by atoms with Crippen molar-refractivity contribution in [2.24, 2.45) is 0 Å². The Morgan fingerprint density at radius 3 is 2.94 bits per heavy atom. The SMILES string of the molecule is CCN(CC)c1ncc(CN2CCN[C@@H](C)C2)s1. The molecule has 18 heavy (non-hydrogen) atoms. The number of anilines is 1. The molecule has 0 bridgehead atoms. The van der Waals surface area contributed by atoms with Gasteiger partial charge in [0.25, 0.3) is 0 Å². The number of aromatic nitrogens is 1. The Kier molecular flexibility index (Phi) is 4.97. The smallest absolute Gasteiger partial charge is 0.185 e. The average molecular weight is 268 g/mol. The van der Waals surface area contributed by atoms with Gasteiger partial charge >= 0.3 is 0 Å². The van der Waals surface area contributed by atoms with Crippen molar-refractivity contribution in [1.82, 2.24) is 15.2 Å². The van der Waals surface area contributed by atoms with Gasteiger partial charge in [0, 0.05) is 56.4 Å². The van der Waals surface area contributed by atoms with E-state index in [1.165, 1.54) is 4.88 Å². The zero-order valence-electron chi connectivity index (χ0n) is 11.6. The second-order valence-corrected chi connectivity index (χ2v) is 5.97. The molecular formula is C13H24N4S. The minimum absolute atomic E-state index is 0.605. The van der Waals surface area contributed by atoms with Crippen LogP contribution in [-0.4, -0.2) is 48.6 Å². The van der Waals surface area contributed by atoms with E-state index in [4.69, 9.17) is 0 Å². The van der Waals surface area contributed by atoms with E-state index >= 15 is 0 Å². The fraction of sp³-hybridized carbons (Fsp3) is 0.769. The lowest BCUT2D eigenvalue weighted by Crippen LogP contribution is -2.48. The van der Waals surface area contributed by atoms with Crippen LogP contribution in [0.5, 0.6) is 0 Å². The summed E-state index contributed by atoms with van der Waals surface area (Å²) in [5, 5.41) is 4.64. The van der Waals surface area contributed by atoms with E-state index in [1.54, 1.807) is 0 Å². The van der Waals surface area contributed by atoms with Crippen LogP contribution in [0.2, 0.25) is 0 Å². The highest BCUT2D eigenvalue weighted by atomic mass is 32.1. The fourth-order valence-corrected chi connectivity index (χ4v) is 3.47. The molecule has 0 radical (unpaired) electrons. The van der Waals surface area contributed by atoms with E-state index in [0.717, 1.165) is 44.4 Å². The van der Waals surface area contributed by atoms with Gasteiger partial charge in [-0.05, 0) is 20.8 Å². The molecule has 1 atom stereocenters. The van der Waals surface area contributed by atoms with Gasteiger partial charge in [0.05, 0.1) is 0 Å². The van der Waals surface area contributed by atoms with Crippen LogP contribution in [0.25, 0.3) is 0 Å². The van der Waals surface area contributed by atoms with Crippen molar-refractivity contribution >= 4 is 16.5 Å². The molecule has 0 unspecified atom stereocenters. The summed E-state index contributed by atoms with van der Waals surface area (Å²) in [6.45, 7) is 13.1. The third-order valence-corrected chi connectivity index (χ3v) is 4.45. The summed E-state index contributed by atoms with van der Waals surface area (Å²) in [6.07, 6.45) is 2.05. The van der Waals surface area contributed by atoms with E-state index < -0.39 is 0 Å². The summed E-state index contributed by atoms with van der Waals surface area (Å²) in [6, 6.07) is 0.605. The molecule has 2 heterocycles. The maximum absolute atomic E-state index is 4.54. The predicted octanol–water partition coefficient (Wildman–Crippen LogP) is 1.78. The Labute approximate surface area is 114 Å². The summed E-state index contributed by atoms with van der Waals surface area (Å²) in [4.78, 5) is 10.8. The van der Waals surface area contributed by atoms with Gasteiger partial charge in [-0.25, -0.2) is 4.98 Å². The minimum Gasteiger partial charge on any atom is -0.349 e. The Balaban J connectivity index is 1.93. The molecule has 0 aromatic carbocycles. The molecule has 2 rings (SSSR count). The standard InChI is InChI=1S/C13H24N4S/c1-4-17(5-2)13-15-8-12(18-13)10-16-7-6-14-11(3)9-16/h8,11,14H,4-7,9-10H2,1-3H3/t11-/m0/s1. The van der Waals surface area contributed by atoms with Crippen molar-refractivity contribution < 1.29 is 0 Å². The summed E-state index contributed by atoms with van der Waals surface area (Å²) in [5.41, 5.74) is 0. The van der Waals surface area contributed by atoms with Gasteiger partial charge in [0.15, 0.2) is 5.13 Å². The molecule has 1 aliphatic rings. The van der Waals surface area contributed by atoms with E-state index in [2.05, 4.69) is 40.9 Å². The van der Waals surface area contributed by atoms with Gasteiger partial charge in [-0.15, -0.1) is 11.3 Å². The molecule has 1 aliphatic heterocycles. The maximum atomic E-state index is 4.54. The first-order chi connectivity index (χ1) is 8.72. The van der Waals surface area contributed by atoms with Crippen molar-refractivity contribution in [1.29, 1.82) is 0 Å². The van der Waals surface area contributed by atoms with Crippen molar-refractivity contribution in [2.45, 2.75) is 33.4 Å². The lowest BCUT2D eigenvalue weighted by Gasteiger charge is -2.31. The third kappa shape index (κ3) is 3.43. The highest BCUT2D eigenvalue weighted by Gasteiger charge is 2.17. The first-order valence-electron chi connectivity index (χ1n) is 6.88. The summed E-state index contributed by atoms with van der Waals surface area (Å²) in [7, 11) is 0. The van der Waals surface area contributed by atoms with Gasteiger partial charge in [-0.1, -0.05) is 0 Å². The van der Waals surface area contributed by atoms with Crippen LogP contribution in [0.15, 0.2) is 6.20 Å². The van der Waals surface area contributed by atoms with Crippen LogP contribution in [0, 0.1) is 0 Å². The molecule has 1 N–H and O–H groups in total. The first kappa shape index (κ1) is 13.8. The van der Waals surface area contributed by atoms with Crippen LogP contribution >= 0.6 is 11.3 Å². The second kappa shape index (κ2) is 6.50. The normalized spacial score (nSPS) is 21.2. The molecule has 1 aromatic rings. The molecule has 0 spiro atoms. The lowest BCUT2D eigenvalue weighted by atomic mass is 10.2. The van der Waals surface area contributed by atoms with Crippen LogP contribution in [0.3, 0.4) is 0 Å². The van der Waals surface area contributed by atoms with Crippen LogP contribution < -0.4 is 10.2 Å². The predicted molar refractivity (Wildman–Crippen MR) is 78.4 cm³/mol. The lowest BCUT2D eigenvalue weighted by molar-refractivity contribution is 0.201. The summed E-state index contributed by atoms with van der Waals surface area (Å²) >= 11 is 1.84. The molecule has 0 saturated carbocycles. The number of piperazine rings is 1. The molecule has 4 nitrogen and oxygen atoms in total. The first-order valence-corrected chi connectivity index (χ1v) is 7.70. The van der Waals surface area contributed by atoms with Crippen molar-refractivity contribution in [2.75, 3.05) is 37.6 Å². The van der Waals surface area contributed by atoms with E-state index in [9.17, 15) is 0 Å². The molecular weight excluding hydrogens is 244 g/mol. The van der Waals surface area contributed by atoms with Crippen LogP contribution in [-0.2, 0) is 6.54 Å². The number of thiazole rings is 1. The van der Waals surface area contributed by atoms with E-state index in [-0.39, 0.29) is 0 Å². The second-order valence-electron chi connectivity index (χ2n) is 4.87. The summed E-state index contributed by atoms with van der Waals surface area (Å²) < 4.78 is 0. The van der Waals surface area contributed by atoms with Gasteiger partial charge < -0.3 is 10.2 Å². The minimum atomic E-state index is 0.605. The quantitative estimate of drug-likeness (QED) is 0.882. The Morgan fingerprint density at radius 2 is 2.28 bits per heavy atom. The van der Waals surface area contributed by atoms with Crippen LogP contribution in [0.4, 0.5) is 5.13 Å². The molecule has 102 valence electrons. The molecule has 0 aliphatic carbocycles. The molecule has 1 saturated heterocycles. The monoisotopic (exact) mass is 268 g/mol. The molecule has 5 heteroatoms. The van der Waals surface area contributed by atoms with Gasteiger partial charge in [-0.3, -0.25) is 4.90 Å². The number of nitrogens with zero attached hydrogens (tertiary/aromatic N) is 3. The van der Waals surface area contributed by atoms with E-state index in [1.807, 2.05) is 17.5 Å². The average Bonchev–Trinajstić information content (AvgIpc) is 2.79. The molecule has 1 aromatic heterocycles. The number of rotatable bonds is 5. The Morgan fingerprint density at radius 1 is 1.50 bits per heavy atom. The topological polar surface area (TPSA) is 31.4 Å². The van der Waals surface area contributed by atoms with Crippen molar-refractivity contribution in [3.63, 3.8) is 0 Å². The summed E-state index contributed by atoms with van der Waals surface area (Å²) in [5.74, 6) is 0. The highest BCUT2D eigenvalue weighted by molar-refractivity contribution is 7.15. The van der Waals surface area contributed by atoms with Gasteiger partial charge in [0.1, 0.15) is 0 Å². The maximum Gasteiger partial charge on any atom is 0.185 e. The van der Waals surface area contributed by atoms with Gasteiger partial charge in [-0.2, -0.15) is 0 Å². The van der Waals surface area contributed by atoms with Crippen molar-refractivity contribution in [3.8, 4) is 0 Å². The fourth-order valence-electron chi connectivity index (χ4n) is 2.39. The zero-order valence-corrected chi connectivity index (χ0v) is 12.5. The van der Waals surface area contributed by atoms with E-state index in [0.29, 0.717) is 6.04 Å². The van der Waals surface area contributed by atoms with Crippen molar-refractivity contribution in [3.05, 3.63) is 11.1 Å². The van der Waals surface area contributed by atoms with Gasteiger partial charge in [0.2, 0.25) is 0 Å². The molecule has 1 fully saturated rings. The highest BCUT2D eigenvalue weighted by Crippen LogP contribution is 2.23. The van der Waals surface area contributed by atoms with Crippen LogP contribution in [0.1, 0.15) is 25.6 Å². The largest absolute Gasteiger partial charge is 0.349 e. The Bertz CT molecular complexity index is 362. The third-order valence-electron chi connectivity index (χ3n) is 3.41. The Hall–Kier alpha value is -0.650. The molecule has 0 amide bonds. The number of hydrogen-bond donors (Lipinski definition) is 1. The number of hydrogen-bond acceptors (Lipinski definition) is 5.